The Balaban J connectivity index is 1.07. The molecule has 0 bridgehead atoms. The van der Waals surface area contributed by atoms with E-state index < -0.39 is 0 Å². The lowest BCUT2D eigenvalue weighted by atomic mass is 9.80. The van der Waals surface area contributed by atoms with Crippen LogP contribution in [0.2, 0.25) is 0 Å². The maximum atomic E-state index is 2.49. The SMILES string of the molecule is CC1(C)c2ccccc2-c2ccc(-c3ccc(-c4c5ccccc5c(-c5ccc6c(c5)C(C)(C)c5ccccc5-6)c5cc(-c6cccc7ccccc67)ccc45)cc3)cc21. The molecule has 0 unspecified atom stereocenters. The average molecular weight is 765 g/mol. The molecule has 10 aromatic carbocycles. The molecule has 10 aromatic rings. The summed E-state index contributed by atoms with van der Waals surface area (Å²) in [6.07, 6.45) is 0. The van der Waals surface area contributed by atoms with Crippen LogP contribution in [0.3, 0.4) is 0 Å². The molecule has 0 aliphatic heterocycles. The van der Waals surface area contributed by atoms with E-state index in [9.17, 15) is 0 Å². The van der Waals surface area contributed by atoms with Crippen molar-refractivity contribution in [3.8, 4) is 66.8 Å². The van der Waals surface area contributed by atoms with Crippen molar-refractivity contribution in [3.05, 3.63) is 216 Å². The zero-order chi connectivity index (χ0) is 40.3. The Bertz CT molecular complexity index is 3400. The highest BCUT2D eigenvalue weighted by Crippen LogP contribution is 2.53. The summed E-state index contributed by atoms with van der Waals surface area (Å²) >= 11 is 0. The summed E-state index contributed by atoms with van der Waals surface area (Å²) in [4.78, 5) is 0. The molecule has 284 valence electrons. The van der Waals surface area contributed by atoms with Gasteiger partial charge >= 0.3 is 0 Å². The first-order valence-electron chi connectivity index (χ1n) is 21.3. The maximum Gasteiger partial charge on any atom is 0.0159 e. The highest BCUT2D eigenvalue weighted by molar-refractivity contribution is 6.22. The zero-order valence-corrected chi connectivity index (χ0v) is 34.5. The van der Waals surface area contributed by atoms with Gasteiger partial charge in [0.05, 0.1) is 0 Å². The number of benzene rings is 10. The van der Waals surface area contributed by atoms with Gasteiger partial charge in [-0.3, -0.25) is 0 Å². The quantitative estimate of drug-likeness (QED) is 0.157. The lowest BCUT2D eigenvalue weighted by Crippen LogP contribution is -2.14. The van der Waals surface area contributed by atoms with Gasteiger partial charge in [-0.15, -0.1) is 0 Å². The molecule has 0 nitrogen and oxygen atoms in total. The molecule has 0 atom stereocenters. The molecular formula is C60H44. The van der Waals surface area contributed by atoms with Crippen LogP contribution >= 0.6 is 0 Å². The summed E-state index contributed by atoms with van der Waals surface area (Å²) in [6.45, 7) is 9.48. The second kappa shape index (κ2) is 12.7. The van der Waals surface area contributed by atoms with E-state index in [4.69, 9.17) is 0 Å². The van der Waals surface area contributed by atoms with Gasteiger partial charge in [-0.1, -0.05) is 204 Å². The lowest BCUT2D eigenvalue weighted by Gasteiger charge is -2.23. The Morgan fingerprint density at radius 2 is 0.683 bits per heavy atom. The van der Waals surface area contributed by atoms with Gasteiger partial charge in [0, 0.05) is 10.8 Å². The molecule has 12 rings (SSSR count). The van der Waals surface area contributed by atoms with Gasteiger partial charge in [0.1, 0.15) is 0 Å². The maximum absolute atomic E-state index is 2.49. The minimum atomic E-state index is -0.0953. The van der Waals surface area contributed by atoms with Crippen LogP contribution in [0.5, 0.6) is 0 Å². The Morgan fingerprint density at radius 1 is 0.250 bits per heavy atom. The summed E-state index contributed by atoms with van der Waals surface area (Å²) in [6, 6.07) is 73.2. The van der Waals surface area contributed by atoms with Crippen LogP contribution in [-0.4, -0.2) is 0 Å². The van der Waals surface area contributed by atoms with Crippen LogP contribution in [0.25, 0.3) is 99.1 Å². The fourth-order valence-corrected chi connectivity index (χ4v) is 11.0. The van der Waals surface area contributed by atoms with E-state index in [1.54, 1.807) is 0 Å². The molecule has 0 N–H and O–H groups in total. The predicted octanol–water partition coefficient (Wildman–Crippen LogP) is 16.4. The van der Waals surface area contributed by atoms with Crippen LogP contribution in [0.15, 0.2) is 194 Å². The minimum Gasteiger partial charge on any atom is -0.0619 e. The van der Waals surface area contributed by atoms with Crippen molar-refractivity contribution in [2.75, 3.05) is 0 Å². The lowest BCUT2D eigenvalue weighted by molar-refractivity contribution is 0.660. The molecule has 0 amide bonds. The van der Waals surface area contributed by atoms with Gasteiger partial charge in [0.2, 0.25) is 0 Å². The van der Waals surface area contributed by atoms with Gasteiger partial charge in [-0.05, 0) is 140 Å². The number of fused-ring (bicyclic) bond motifs is 9. The monoisotopic (exact) mass is 764 g/mol. The Morgan fingerprint density at radius 3 is 1.35 bits per heavy atom. The van der Waals surface area contributed by atoms with E-state index in [0.717, 1.165) is 0 Å². The van der Waals surface area contributed by atoms with Crippen LogP contribution < -0.4 is 0 Å². The summed E-state index contributed by atoms with van der Waals surface area (Å²) in [5.41, 5.74) is 20.9. The van der Waals surface area contributed by atoms with Crippen molar-refractivity contribution in [3.63, 3.8) is 0 Å². The van der Waals surface area contributed by atoms with Crippen molar-refractivity contribution in [2.45, 2.75) is 38.5 Å². The second-order valence-corrected chi connectivity index (χ2v) is 18.0. The van der Waals surface area contributed by atoms with E-state index in [1.807, 2.05) is 0 Å². The summed E-state index contributed by atoms with van der Waals surface area (Å²) in [5.74, 6) is 0. The van der Waals surface area contributed by atoms with E-state index in [1.165, 1.54) is 121 Å². The van der Waals surface area contributed by atoms with Gasteiger partial charge in [0.15, 0.2) is 0 Å². The van der Waals surface area contributed by atoms with Crippen molar-refractivity contribution >= 4 is 32.3 Å². The van der Waals surface area contributed by atoms with E-state index in [2.05, 4.69) is 222 Å². The summed E-state index contributed by atoms with van der Waals surface area (Å²) < 4.78 is 0. The van der Waals surface area contributed by atoms with Gasteiger partial charge in [-0.2, -0.15) is 0 Å². The van der Waals surface area contributed by atoms with Gasteiger partial charge in [0.25, 0.3) is 0 Å². The molecule has 0 radical (unpaired) electrons. The third-order valence-corrected chi connectivity index (χ3v) is 14.1. The van der Waals surface area contributed by atoms with Crippen molar-refractivity contribution in [2.24, 2.45) is 0 Å². The fraction of sp³-hybridized carbons (Fsp3) is 0.100. The van der Waals surface area contributed by atoms with Crippen LogP contribution in [0.4, 0.5) is 0 Å². The van der Waals surface area contributed by atoms with Crippen LogP contribution in [0.1, 0.15) is 49.9 Å². The molecule has 0 aromatic heterocycles. The molecular weight excluding hydrogens is 721 g/mol. The van der Waals surface area contributed by atoms with Gasteiger partial charge < -0.3 is 0 Å². The number of rotatable bonds is 4. The first-order valence-corrected chi connectivity index (χ1v) is 21.3. The molecule has 0 spiro atoms. The zero-order valence-electron chi connectivity index (χ0n) is 34.5. The Hall–Kier alpha value is -7.02. The minimum absolute atomic E-state index is 0.0368. The Labute approximate surface area is 352 Å². The molecule has 2 aliphatic rings. The van der Waals surface area contributed by atoms with Crippen molar-refractivity contribution < 1.29 is 0 Å². The van der Waals surface area contributed by atoms with Crippen LogP contribution in [0, 0.1) is 0 Å². The molecule has 0 saturated carbocycles. The van der Waals surface area contributed by atoms with Crippen molar-refractivity contribution in [1.29, 1.82) is 0 Å². The summed E-state index contributed by atoms with van der Waals surface area (Å²) in [7, 11) is 0. The smallest absolute Gasteiger partial charge is 0.0159 e. The molecule has 0 saturated heterocycles. The normalized spacial score (nSPS) is 14.3. The second-order valence-electron chi connectivity index (χ2n) is 18.0. The fourth-order valence-electron chi connectivity index (χ4n) is 11.0. The number of hydrogen-bond donors (Lipinski definition) is 0. The predicted molar refractivity (Wildman–Crippen MR) is 256 cm³/mol. The first-order chi connectivity index (χ1) is 29.3. The number of hydrogen-bond acceptors (Lipinski definition) is 0. The third-order valence-electron chi connectivity index (χ3n) is 14.1. The van der Waals surface area contributed by atoms with Crippen LogP contribution in [-0.2, 0) is 10.8 Å². The third kappa shape index (κ3) is 4.98. The molecule has 0 heterocycles. The molecule has 60 heavy (non-hydrogen) atoms. The van der Waals surface area contributed by atoms with E-state index in [0.29, 0.717) is 0 Å². The molecule has 2 aliphatic carbocycles. The van der Waals surface area contributed by atoms with E-state index >= 15 is 0 Å². The highest BCUT2D eigenvalue weighted by Gasteiger charge is 2.36. The van der Waals surface area contributed by atoms with E-state index in [-0.39, 0.29) is 10.8 Å². The van der Waals surface area contributed by atoms with Crippen molar-refractivity contribution in [1.82, 2.24) is 0 Å². The average Bonchev–Trinajstić information content (AvgIpc) is 3.66. The molecule has 0 fully saturated rings. The molecule has 0 heteroatoms. The summed E-state index contributed by atoms with van der Waals surface area (Å²) in [5, 5.41) is 7.60. The largest absolute Gasteiger partial charge is 0.0619 e. The highest BCUT2D eigenvalue weighted by atomic mass is 14.4. The topological polar surface area (TPSA) is 0 Å². The first kappa shape index (κ1) is 35.0. The Kier molecular flexibility index (Phi) is 7.42. The van der Waals surface area contributed by atoms with Gasteiger partial charge in [-0.25, -0.2) is 0 Å². The standard InChI is InChI=1S/C60H44/c1-59(2)53-22-11-9-17-45(53)47-31-28-40(35-55(47)59)37-24-26-39(27-25-37)57-49-19-7-8-20-50(49)58(42-30-32-48-46-18-10-12-23-54(46)60(3,4)56(48)36-42)52-34-41(29-33-51(52)57)44-21-13-15-38-14-5-6-16-43(38)44/h5-36H,1-4H3.